The Balaban J connectivity index is 1.71. The molecule has 25 heavy (non-hydrogen) atoms. The molecule has 0 spiro atoms. The van der Waals surface area contributed by atoms with Crippen molar-refractivity contribution >= 4 is 11.7 Å². The van der Waals surface area contributed by atoms with Crippen molar-refractivity contribution < 1.29 is 14.3 Å². The first kappa shape index (κ1) is 17.1. The number of aromatic nitrogens is 3. The number of hydrogen-bond acceptors (Lipinski definition) is 5. The van der Waals surface area contributed by atoms with Gasteiger partial charge < -0.3 is 9.64 Å². The monoisotopic (exact) mass is 342 g/mol. The van der Waals surface area contributed by atoms with E-state index in [2.05, 4.69) is 15.2 Å². The molecule has 0 radical (unpaired) electrons. The van der Waals surface area contributed by atoms with E-state index >= 15 is 0 Å². The summed E-state index contributed by atoms with van der Waals surface area (Å²) in [5.74, 6) is 0.512. The standard InChI is InChI=1S/C18H22N4O3/c1-12(2)25-15-7-3-5-13(9-15)16(23)14-6-4-8-22(10-14)18(24)17-19-11-20-21-17/h3,5,7,9,11-12,14H,4,6,8,10H2,1-2H3,(H,19,20,21)/t14-/m0/s1. The average Bonchev–Trinajstić information content (AvgIpc) is 3.15. The van der Waals surface area contributed by atoms with E-state index in [-0.39, 0.29) is 29.5 Å². The number of piperidine rings is 1. The molecule has 1 aromatic heterocycles. The number of benzene rings is 1. The summed E-state index contributed by atoms with van der Waals surface area (Å²) in [6.07, 6.45) is 2.92. The van der Waals surface area contributed by atoms with Gasteiger partial charge in [0.2, 0.25) is 5.82 Å². The molecule has 1 aromatic carbocycles. The number of nitrogens with zero attached hydrogens (tertiary/aromatic N) is 3. The highest BCUT2D eigenvalue weighted by atomic mass is 16.5. The number of ketones is 1. The molecule has 0 bridgehead atoms. The molecular formula is C18H22N4O3. The summed E-state index contributed by atoms with van der Waals surface area (Å²) < 4.78 is 5.66. The predicted molar refractivity (Wildman–Crippen MR) is 91.5 cm³/mol. The normalized spacial score (nSPS) is 17.6. The second-order valence-electron chi connectivity index (χ2n) is 6.48. The van der Waals surface area contributed by atoms with Gasteiger partial charge in [-0.15, -0.1) is 0 Å². The number of amides is 1. The number of ether oxygens (including phenoxy) is 1. The zero-order chi connectivity index (χ0) is 17.8. The molecule has 2 heterocycles. The molecule has 1 aliphatic heterocycles. The fourth-order valence-electron chi connectivity index (χ4n) is 3.06. The molecule has 1 N–H and O–H groups in total. The number of aromatic amines is 1. The molecule has 0 saturated carbocycles. The Bertz CT molecular complexity index is 743. The summed E-state index contributed by atoms with van der Waals surface area (Å²) in [7, 11) is 0. The van der Waals surface area contributed by atoms with Crippen LogP contribution in [-0.4, -0.2) is 51.0 Å². The summed E-state index contributed by atoms with van der Waals surface area (Å²) in [4.78, 5) is 30.8. The Morgan fingerprint density at radius 1 is 1.36 bits per heavy atom. The van der Waals surface area contributed by atoms with Gasteiger partial charge in [-0.1, -0.05) is 12.1 Å². The maximum atomic E-state index is 12.9. The highest BCUT2D eigenvalue weighted by molar-refractivity contribution is 5.99. The van der Waals surface area contributed by atoms with Crippen molar-refractivity contribution in [1.29, 1.82) is 0 Å². The number of carbonyl (C=O) groups is 2. The molecular weight excluding hydrogens is 320 g/mol. The minimum atomic E-state index is -0.216. The fraction of sp³-hybridized carbons (Fsp3) is 0.444. The maximum absolute atomic E-state index is 12.9. The van der Waals surface area contributed by atoms with Crippen molar-refractivity contribution in [3.8, 4) is 5.75 Å². The lowest BCUT2D eigenvalue weighted by molar-refractivity contribution is 0.0627. The maximum Gasteiger partial charge on any atom is 0.291 e. The van der Waals surface area contributed by atoms with Crippen molar-refractivity contribution in [3.05, 3.63) is 42.0 Å². The molecule has 1 aliphatic rings. The van der Waals surface area contributed by atoms with Crippen LogP contribution in [0.5, 0.6) is 5.75 Å². The predicted octanol–water partition coefficient (Wildman–Crippen LogP) is 2.33. The van der Waals surface area contributed by atoms with Crippen LogP contribution in [0.3, 0.4) is 0 Å². The van der Waals surface area contributed by atoms with E-state index in [1.54, 1.807) is 17.0 Å². The zero-order valence-corrected chi connectivity index (χ0v) is 14.4. The van der Waals surface area contributed by atoms with Crippen LogP contribution in [-0.2, 0) is 0 Å². The number of Topliss-reactive ketones (excluding diaryl/α,β-unsaturated/α-hetero) is 1. The van der Waals surface area contributed by atoms with Crippen molar-refractivity contribution in [2.75, 3.05) is 13.1 Å². The highest BCUT2D eigenvalue weighted by Crippen LogP contribution is 2.24. The minimum absolute atomic E-state index is 0.0456. The minimum Gasteiger partial charge on any atom is -0.491 e. The summed E-state index contributed by atoms with van der Waals surface area (Å²) >= 11 is 0. The fourth-order valence-corrected chi connectivity index (χ4v) is 3.06. The smallest absolute Gasteiger partial charge is 0.291 e. The van der Waals surface area contributed by atoms with E-state index in [9.17, 15) is 9.59 Å². The molecule has 1 saturated heterocycles. The van der Waals surface area contributed by atoms with Crippen molar-refractivity contribution in [1.82, 2.24) is 20.1 Å². The Labute approximate surface area is 146 Å². The molecule has 132 valence electrons. The van der Waals surface area contributed by atoms with Crippen LogP contribution < -0.4 is 4.74 Å². The number of H-pyrrole nitrogens is 1. The molecule has 1 atom stereocenters. The zero-order valence-electron chi connectivity index (χ0n) is 14.4. The molecule has 7 heteroatoms. The van der Waals surface area contributed by atoms with E-state index < -0.39 is 0 Å². The van der Waals surface area contributed by atoms with E-state index in [4.69, 9.17) is 4.74 Å². The van der Waals surface area contributed by atoms with Gasteiger partial charge in [-0.05, 0) is 38.8 Å². The van der Waals surface area contributed by atoms with Crippen LogP contribution >= 0.6 is 0 Å². The van der Waals surface area contributed by atoms with Gasteiger partial charge in [0.1, 0.15) is 12.1 Å². The van der Waals surface area contributed by atoms with Crippen LogP contribution in [0.1, 0.15) is 47.7 Å². The van der Waals surface area contributed by atoms with Gasteiger partial charge in [0.15, 0.2) is 5.78 Å². The number of nitrogens with one attached hydrogen (secondary N) is 1. The number of rotatable bonds is 5. The molecule has 0 unspecified atom stereocenters. The van der Waals surface area contributed by atoms with E-state index in [0.717, 1.165) is 12.8 Å². The van der Waals surface area contributed by atoms with Crippen LogP contribution in [0.2, 0.25) is 0 Å². The lowest BCUT2D eigenvalue weighted by atomic mass is 9.90. The first-order valence-electron chi connectivity index (χ1n) is 8.50. The molecule has 1 fully saturated rings. The molecule has 2 aromatic rings. The third-order valence-corrected chi connectivity index (χ3v) is 4.19. The van der Waals surface area contributed by atoms with E-state index in [1.807, 2.05) is 26.0 Å². The third kappa shape index (κ3) is 4.04. The van der Waals surface area contributed by atoms with Crippen LogP contribution in [0.15, 0.2) is 30.6 Å². The summed E-state index contributed by atoms with van der Waals surface area (Å²) in [6.45, 7) is 4.92. The topological polar surface area (TPSA) is 88.2 Å². The first-order valence-corrected chi connectivity index (χ1v) is 8.50. The van der Waals surface area contributed by atoms with Crippen LogP contribution in [0.4, 0.5) is 0 Å². The molecule has 3 rings (SSSR count). The van der Waals surface area contributed by atoms with Gasteiger partial charge in [-0.25, -0.2) is 4.98 Å². The lowest BCUT2D eigenvalue weighted by Crippen LogP contribution is -2.42. The summed E-state index contributed by atoms with van der Waals surface area (Å²) in [5, 5.41) is 6.29. The molecule has 1 amide bonds. The Morgan fingerprint density at radius 3 is 2.92 bits per heavy atom. The van der Waals surface area contributed by atoms with Gasteiger partial charge >= 0.3 is 0 Å². The van der Waals surface area contributed by atoms with Crippen molar-refractivity contribution in [2.24, 2.45) is 5.92 Å². The van der Waals surface area contributed by atoms with E-state index in [1.165, 1.54) is 6.33 Å². The first-order chi connectivity index (χ1) is 12.0. The van der Waals surface area contributed by atoms with Gasteiger partial charge in [0.25, 0.3) is 5.91 Å². The number of likely N-dealkylation sites (tertiary alicyclic amines) is 1. The van der Waals surface area contributed by atoms with Crippen molar-refractivity contribution in [2.45, 2.75) is 32.8 Å². The van der Waals surface area contributed by atoms with Gasteiger partial charge in [0, 0.05) is 24.6 Å². The second-order valence-corrected chi connectivity index (χ2v) is 6.48. The average molecular weight is 342 g/mol. The highest BCUT2D eigenvalue weighted by Gasteiger charge is 2.30. The van der Waals surface area contributed by atoms with Crippen LogP contribution in [0, 0.1) is 5.92 Å². The Kier molecular flexibility index (Phi) is 5.11. The molecule has 0 aliphatic carbocycles. The SMILES string of the molecule is CC(C)Oc1cccc(C(=O)[C@H]2CCCN(C(=O)c3ncn[nH]3)C2)c1. The van der Waals surface area contributed by atoms with E-state index in [0.29, 0.717) is 24.4 Å². The summed E-state index contributed by atoms with van der Waals surface area (Å²) in [6, 6.07) is 7.24. The third-order valence-electron chi connectivity index (χ3n) is 4.19. The van der Waals surface area contributed by atoms with Crippen LogP contribution in [0.25, 0.3) is 0 Å². The number of hydrogen-bond donors (Lipinski definition) is 1. The van der Waals surface area contributed by atoms with Gasteiger partial charge in [-0.2, -0.15) is 5.10 Å². The van der Waals surface area contributed by atoms with Gasteiger partial charge in [0.05, 0.1) is 6.10 Å². The number of carbonyl (C=O) groups excluding carboxylic acids is 2. The Hall–Kier alpha value is -2.70. The second kappa shape index (κ2) is 7.46. The van der Waals surface area contributed by atoms with Crippen molar-refractivity contribution in [3.63, 3.8) is 0 Å². The molecule has 7 nitrogen and oxygen atoms in total. The Morgan fingerprint density at radius 2 is 2.20 bits per heavy atom. The van der Waals surface area contributed by atoms with Gasteiger partial charge in [-0.3, -0.25) is 14.7 Å². The quantitative estimate of drug-likeness (QED) is 0.843. The largest absolute Gasteiger partial charge is 0.491 e. The summed E-state index contributed by atoms with van der Waals surface area (Å²) in [5.41, 5.74) is 0.622. The lowest BCUT2D eigenvalue weighted by Gasteiger charge is -2.31.